The Balaban J connectivity index is 1.37. The van der Waals surface area contributed by atoms with Gasteiger partial charge in [0.1, 0.15) is 0 Å². The van der Waals surface area contributed by atoms with Crippen molar-refractivity contribution in [2.45, 2.75) is 19.9 Å². The summed E-state index contributed by atoms with van der Waals surface area (Å²) in [6.07, 6.45) is 0.899. The highest BCUT2D eigenvalue weighted by Crippen LogP contribution is 2.27. The number of carbonyl (C=O) groups is 2. The first kappa shape index (κ1) is 19.5. The Hall–Kier alpha value is -3.44. The quantitative estimate of drug-likeness (QED) is 0.459. The lowest BCUT2D eigenvalue weighted by Crippen LogP contribution is -2.35. The van der Waals surface area contributed by atoms with Gasteiger partial charge in [0.15, 0.2) is 0 Å². The van der Waals surface area contributed by atoms with E-state index in [4.69, 9.17) is 0 Å². The summed E-state index contributed by atoms with van der Waals surface area (Å²) < 4.78 is 0. The molecule has 5 heteroatoms. The first-order valence-corrected chi connectivity index (χ1v) is 11.2. The average molecular weight is 427 g/mol. The predicted molar refractivity (Wildman–Crippen MR) is 126 cm³/mol. The van der Waals surface area contributed by atoms with Gasteiger partial charge in [0, 0.05) is 34.8 Å². The van der Waals surface area contributed by atoms with Crippen molar-refractivity contribution < 1.29 is 9.59 Å². The molecule has 0 unspecified atom stereocenters. The molecule has 4 aromatic rings. The van der Waals surface area contributed by atoms with Gasteiger partial charge in [-0.25, -0.2) is 0 Å². The number of nitrogens with one attached hydrogen (secondary N) is 1. The zero-order chi connectivity index (χ0) is 21.4. The smallest absolute Gasteiger partial charge is 0.255 e. The third kappa shape index (κ3) is 3.73. The van der Waals surface area contributed by atoms with E-state index in [1.165, 1.54) is 10.4 Å². The van der Waals surface area contributed by atoms with Crippen molar-refractivity contribution in [1.29, 1.82) is 0 Å². The lowest BCUT2D eigenvalue weighted by molar-refractivity contribution is 0.0735. The minimum atomic E-state index is -0.181. The summed E-state index contributed by atoms with van der Waals surface area (Å²) >= 11 is 1.76. The molecule has 4 nitrogen and oxygen atoms in total. The molecular formula is C26H22N2O2S. The van der Waals surface area contributed by atoms with Crippen LogP contribution in [0.3, 0.4) is 0 Å². The van der Waals surface area contributed by atoms with Crippen molar-refractivity contribution in [3.8, 4) is 0 Å². The molecule has 1 N–H and O–H groups in total. The first-order chi connectivity index (χ1) is 15.1. The SMILES string of the molecule is Cc1c(NC(=O)c2ccc3ccccc3c2)cccc1C(=O)N1CCc2sccc2C1. The van der Waals surface area contributed by atoms with Crippen molar-refractivity contribution in [3.63, 3.8) is 0 Å². The van der Waals surface area contributed by atoms with Crippen LogP contribution in [0.1, 0.15) is 36.7 Å². The van der Waals surface area contributed by atoms with Crippen LogP contribution in [0.25, 0.3) is 10.8 Å². The average Bonchev–Trinajstić information content (AvgIpc) is 3.27. The summed E-state index contributed by atoms with van der Waals surface area (Å²) in [4.78, 5) is 29.4. The fraction of sp³-hybridized carbons (Fsp3) is 0.154. The van der Waals surface area contributed by atoms with Gasteiger partial charge >= 0.3 is 0 Å². The lowest BCUT2D eigenvalue weighted by Gasteiger charge is -2.28. The van der Waals surface area contributed by atoms with Crippen LogP contribution in [0.4, 0.5) is 5.69 Å². The van der Waals surface area contributed by atoms with E-state index in [0.29, 0.717) is 23.4 Å². The van der Waals surface area contributed by atoms with Crippen LogP contribution in [0.15, 0.2) is 72.1 Å². The number of hydrogen-bond acceptors (Lipinski definition) is 3. The maximum absolute atomic E-state index is 13.2. The Morgan fingerprint density at radius 1 is 0.968 bits per heavy atom. The Morgan fingerprint density at radius 3 is 2.68 bits per heavy atom. The van der Waals surface area contributed by atoms with Crippen molar-refractivity contribution in [2.24, 2.45) is 0 Å². The fourth-order valence-corrected chi connectivity index (χ4v) is 5.01. The normalized spacial score (nSPS) is 13.1. The molecule has 0 radical (unpaired) electrons. The number of thiophene rings is 1. The Kier molecular flexibility index (Phi) is 5.04. The fourth-order valence-electron chi connectivity index (χ4n) is 4.12. The second-order valence-corrected chi connectivity index (χ2v) is 8.84. The van der Waals surface area contributed by atoms with Crippen LogP contribution in [-0.2, 0) is 13.0 Å². The van der Waals surface area contributed by atoms with E-state index in [1.807, 2.05) is 72.5 Å². The summed E-state index contributed by atoms with van der Waals surface area (Å²) in [7, 11) is 0. The second-order valence-electron chi connectivity index (χ2n) is 7.84. The maximum atomic E-state index is 13.2. The monoisotopic (exact) mass is 426 g/mol. The molecule has 2 amide bonds. The third-order valence-corrected chi connectivity index (χ3v) is 6.94. The molecule has 154 valence electrons. The van der Waals surface area contributed by atoms with E-state index in [1.54, 1.807) is 11.3 Å². The molecule has 0 saturated heterocycles. The first-order valence-electron chi connectivity index (χ1n) is 10.3. The topological polar surface area (TPSA) is 49.4 Å². The van der Waals surface area contributed by atoms with Gasteiger partial charge in [-0.2, -0.15) is 0 Å². The van der Waals surface area contributed by atoms with E-state index in [-0.39, 0.29) is 11.8 Å². The lowest BCUT2D eigenvalue weighted by atomic mass is 10.0. The van der Waals surface area contributed by atoms with E-state index in [9.17, 15) is 9.59 Å². The number of hydrogen-bond donors (Lipinski definition) is 1. The van der Waals surface area contributed by atoms with Crippen molar-refractivity contribution >= 4 is 39.6 Å². The molecule has 0 atom stereocenters. The largest absolute Gasteiger partial charge is 0.334 e. The molecule has 1 aromatic heterocycles. The van der Waals surface area contributed by atoms with Crippen LogP contribution < -0.4 is 5.32 Å². The molecule has 5 rings (SSSR count). The molecule has 2 heterocycles. The molecule has 0 fully saturated rings. The van der Waals surface area contributed by atoms with Crippen molar-refractivity contribution in [3.05, 3.63) is 99.2 Å². The molecule has 0 saturated carbocycles. The molecule has 31 heavy (non-hydrogen) atoms. The zero-order valence-electron chi connectivity index (χ0n) is 17.2. The van der Waals surface area contributed by atoms with E-state index in [2.05, 4.69) is 16.8 Å². The summed E-state index contributed by atoms with van der Waals surface area (Å²) in [5, 5.41) is 7.20. The van der Waals surface area contributed by atoms with Gasteiger partial charge in [0.2, 0.25) is 0 Å². The molecule has 0 bridgehead atoms. The predicted octanol–water partition coefficient (Wildman–Crippen LogP) is 5.66. The van der Waals surface area contributed by atoms with Crippen LogP contribution in [0.5, 0.6) is 0 Å². The highest BCUT2D eigenvalue weighted by Gasteiger charge is 2.24. The summed E-state index contributed by atoms with van der Waals surface area (Å²) in [6.45, 7) is 3.26. The standard InChI is InChI=1S/C26H22N2O2S/c1-17-22(26(30)28-13-11-24-21(16-28)12-14-31-24)7-4-8-23(17)27-25(29)20-10-9-18-5-2-3-6-19(18)15-20/h2-10,12,14-15H,11,13,16H2,1H3,(H,27,29). The number of nitrogens with zero attached hydrogens (tertiary/aromatic N) is 1. The third-order valence-electron chi connectivity index (χ3n) is 5.92. The van der Waals surface area contributed by atoms with Gasteiger partial charge in [-0.05, 0) is 71.0 Å². The summed E-state index contributed by atoms with van der Waals surface area (Å²) in [6, 6.07) is 21.2. The number of amides is 2. The van der Waals surface area contributed by atoms with Gasteiger partial charge in [-0.3, -0.25) is 9.59 Å². The molecule has 1 aliphatic rings. The minimum absolute atomic E-state index is 0.0103. The molecular weight excluding hydrogens is 404 g/mol. The van der Waals surface area contributed by atoms with E-state index in [0.717, 1.165) is 29.3 Å². The minimum Gasteiger partial charge on any atom is -0.334 e. The maximum Gasteiger partial charge on any atom is 0.255 e. The molecule has 0 spiro atoms. The van der Waals surface area contributed by atoms with Crippen molar-refractivity contribution in [2.75, 3.05) is 11.9 Å². The van der Waals surface area contributed by atoms with Crippen LogP contribution in [0.2, 0.25) is 0 Å². The van der Waals surface area contributed by atoms with Crippen LogP contribution in [0, 0.1) is 6.92 Å². The van der Waals surface area contributed by atoms with Gasteiger partial charge in [-0.15, -0.1) is 11.3 Å². The van der Waals surface area contributed by atoms with Crippen molar-refractivity contribution in [1.82, 2.24) is 4.90 Å². The zero-order valence-corrected chi connectivity index (χ0v) is 18.0. The Morgan fingerprint density at radius 2 is 1.81 bits per heavy atom. The van der Waals surface area contributed by atoms with E-state index >= 15 is 0 Å². The van der Waals surface area contributed by atoms with Gasteiger partial charge in [0.25, 0.3) is 11.8 Å². The summed E-state index contributed by atoms with van der Waals surface area (Å²) in [5.74, 6) is -0.171. The second kappa shape index (κ2) is 8.00. The highest BCUT2D eigenvalue weighted by atomic mass is 32.1. The van der Waals surface area contributed by atoms with Gasteiger partial charge in [-0.1, -0.05) is 36.4 Å². The van der Waals surface area contributed by atoms with E-state index < -0.39 is 0 Å². The number of carbonyl (C=O) groups excluding carboxylic acids is 2. The highest BCUT2D eigenvalue weighted by molar-refractivity contribution is 7.10. The Bertz CT molecular complexity index is 1310. The summed E-state index contributed by atoms with van der Waals surface area (Å²) in [5.41, 5.74) is 3.92. The molecule has 1 aliphatic heterocycles. The number of rotatable bonds is 3. The van der Waals surface area contributed by atoms with Crippen LogP contribution in [-0.4, -0.2) is 23.3 Å². The Labute approximate surface area is 185 Å². The van der Waals surface area contributed by atoms with Gasteiger partial charge < -0.3 is 10.2 Å². The number of fused-ring (bicyclic) bond motifs is 2. The molecule has 3 aromatic carbocycles. The molecule has 0 aliphatic carbocycles. The number of anilines is 1. The van der Waals surface area contributed by atoms with Gasteiger partial charge in [0.05, 0.1) is 0 Å². The number of benzene rings is 3. The van der Waals surface area contributed by atoms with Crippen LogP contribution >= 0.6 is 11.3 Å².